The van der Waals surface area contributed by atoms with Gasteiger partial charge in [0.2, 0.25) is 5.91 Å². The van der Waals surface area contributed by atoms with Crippen LogP contribution in [0.4, 0.5) is 10.1 Å². The Labute approximate surface area is 149 Å². The second-order valence-electron chi connectivity index (χ2n) is 5.97. The topological polar surface area (TPSA) is 75.4 Å². The number of benzene rings is 2. The second kappa shape index (κ2) is 6.82. The van der Waals surface area contributed by atoms with Gasteiger partial charge in [-0.2, -0.15) is 0 Å². The van der Waals surface area contributed by atoms with E-state index in [-0.39, 0.29) is 18.0 Å². The summed E-state index contributed by atoms with van der Waals surface area (Å²) in [4.78, 5) is 26.6. The molecule has 0 aromatic heterocycles. The van der Waals surface area contributed by atoms with Gasteiger partial charge in [0.05, 0.1) is 0 Å². The molecule has 1 aliphatic heterocycles. The van der Waals surface area contributed by atoms with Gasteiger partial charge in [-0.25, -0.2) is 4.39 Å². The monoisotopic (exact) mass is 361 g/mol. The van der Waals surface area contributed by atoms with Crippen LogP contribution in [0, 0.1) is 5.82 Å². The summed E-state index contributed by atoms with van der Waals surface area (Å²) < 4.78 is 13.3. The number of carbonyl (C=O) groups is 2. The maximum Gasteiger partial charge on any atom is 0.256 e. The summed E-state index contributed by atoms with van der Waals surface area (Å²) in [6.07, 6.45) is 0.205. The Kier molecular flexibility index (Phi) is 4.74. The lowest BCUT2D eigenvalue weighted by atomic mass is 9.98. The molecular formula is C18H17ClFN3O2. The Balaban J connectivity index is 1.70. The minimum atomic E-state index is -1.63. The largest absolute Gasteiger partial charge is 0.350 e. The molecule has 2 aromatic carbocycles. The first-order valence-corrected chi connectivity index (χ1v) is 8.17. The smallest absolute Gasteiger partial charge is 0.256 e. The Hall–Kier alpha value is -2.44. The van der Waals surface area contributed by atoms with E-state index < -0.39 is 23.2 Å². The van der Waals surface area contributed by atoms with Gasteiger partial charge in [-0.1, -0.05) is 29.8 Å². The third kappa shape index (κ3) is 3.50. The third-order valence-corrected chi connectivity index (χ3v) is 4.42. The normalized spacial score (nSPS) is 20.0. The van der Waals surface area contributed by atoms with Gasteiger partial charge < -0.3 is 16.0 Å². The van der Waals surface area contributed by atoms with Gasteiger partial charge in [-0.15, -0.1) is 0 Å². The van der Waals surface area contributed by atoms with Gasteiger partial charge in [0.1, 0.15) is 5.82 Å². The first kappa shape index (κ1) is 17.4. The average molecular weight is 362 g/mol. The minimum absolute atomic E-state index is 0.0356. The molecule has 0 radical (unpaired) electrons. The third-order valence-electron chi connectivity index (χ3n) is 4.20. The number of hydrogen-bond acceptors (Lipinski definition) is 3. The van der Waals surface area contributed by atoms with Crippen LogP contribution in [0.5, 0.6) is 0 Å². The van der Waals surface area contributed by atoms with E-state index in [1.165, 1.54) is 17.0 Å². The van der Waals surface area contributed by atoms with Gasteiger partial charge in [-0.3, -0.25) is 9.59 Å². The minimum Gasteiger partial charge on any atom is -0.350 e. The molecule has 2 amide bonds. The van der Waals surface area contributed by atoms with E-state index in [0.717, 1.165) is 0 Å². The Morgan fingerprint density at radius 3 is 2.68 bits per heavy atom. The number of nitrogens with zero attached hydrogens (tertiary/aromatic N) is 1. The van der Waals surface area contributed by atoms with Crippen LogP contribution in [0.25, 0.3) is 0 Å². The predicted molar refractivity (Wildman–Crippen MR) is 93.6 cm³/mol. The van der Waals surface area contributed by atoms with Gasteiger partial charge in [-0.05, 0) is 35.9 Å². The molecule has 0 bridgehead atoms. The van der Waals surface area contributed by atoms with Crippen molar-refractivity contribution in [2.24, 2.45) is 5.73 Å². The molecule has 3 rings (SSSR count). The predicted octanol–water partition coefficient (Wildman–Crippen LogP) is 2.23. The number of rotatable bonds is 4. The summed E-state index contributed by atoms with van der Waals surface area (Å²) >= 11 is 5.79. The van der Waals surface area contributed by atoms with Crippen molar-refractivity contribution in [2.45, 2.75) is 18.5 Å². The van der Waals surface area contributed by atoms with Crippen molar-refractivity contribution in [3.8, 4) is 0 Å². The highest BCUT2D eigenvalue weighted by Crippen LogP contribution is 2.27. The molecule has 1 aliphatic rings. The van der Waals surface area contributed by atoms with Crippen molar-refractivity contribution < 1.29 is 14.0 Å². The molecule has 1 fully saturated rings. The molecule has 0 saturated carbocycles. The zero-order chi connectivity index (χ0) is 18.0. The number of nitrogens with one attached hydrogen (secondary N) is 1. The lowest BCUT2D eigenvalue weighted by molar-refractivity contribution is -0.134. The van der Waals surface area contributed by atoms with Crippen molar-refractivity contribution in [3.63, 3.8) is 0 Å². The van der Waals surface area contributed by atoms with Crippen LogP contribution in [0.3, 0.4) is 0 Å². The lowest BCUT2D eigenvalue weighted by Gasteiger charge is -2.22. The highest BCUT2D eigenvalue weighted by molar-refractivity contribution is 6.30. The van der Waals surface area contributed by atoms with Crippen molar-refractivity contribution >= 4 is 29.1 Å². The van der Waals surface area contributed by atoms with Gasteiger partial charge in [0.15, 0.2) is 5.54 Å². The molecule has 5 nitrogen and oxygen atoms in total. The molecule has 1 saturated heterocycles. The van der Waals surface area contributed by atoms with Crippen LogP contribution >= 0.6 is 11.6 Å². The molecule has 3 N–H and O–H groups in total. The SMILES string of the molecule is N[C@@]1(C(=O)NCc2cc(F)cc(Cl)c2)CCN(c2ccccc2)C1=O. The standard InChI is InChI=1S/C18H17ClFN3O2/c19-13-8-12(9-14(20)10-13)11-22-16(24)18(21)6-7-23(17(18)25)15-4-2-1-3-5-15/h1-5,8-10H,6-7,11,21H2,(H,22,24)/t18-/m1/s1. The van der Waals surface area contributed by atoms with Crippen LogP contribution < -0.4 is 16.0 Å². The molecule has 1 atom stereocenters. The summed E-state index contributed by atoms with van der Waals surface area (Å²) in [5.74, 6) is -1.53. The second-order valence-corrected chi connectivity index (χ2v) is 6.41. The number of para-hydroxylation sites is 1. The maximum absolute atomic E-state index is 13.3. The molecule has 2 aromatic rings. The summed E-state index contributed by atoms with van der Waals surface area (Å²) in [6, 6.07) is 13.0. The zero-order valence-corrected chi connectivity index (χ0v) is 14.1. The molecule has 25 heavy (non-hydrogen) atoms. The van der Waals surface area contributed by atoms with Crippen molar-refractivity contribution in [3.05, 3.63) is 64.9 Å². The number of carbonyl (C=O) groups excluding carboxylic acids is 2. The molecular weight excluding hydrogens is 345 g/mol. The molecule has 0 aliphatic carbocycles. The van der Waals surface area contributed by atoms with Gasteiger partial charge in [0.25, 0.3) is 5.91 Å². The first-order chi connectivity index (χ1) is 11.9. The fourth-order valence-electron chi connectivity index (χ4n) is 2.86. The lowest BCUT2D eigenvalue weighted by Crippen LogP contribution is -2.58. The molecule has 0 spiro atoms. The van der Waals surface area contributed by atoms with Crippen molar-refractivity contribution in [1.82, 2.24) is 5.32 Å². The highest BCUT2D eigenvalue weighted by atomic mass is 35.5. The van der Waals surface area contributed by atoms with Crippen molar-refractivity contribution in [1.29, 1.82) is 0 Å². The summed E-state index contributed by atoms with van der Waals surface area (Å²) in [7, 11) is 0. The summed E-state index contributed by atoms with van der Waals surface area (Å²) in [5, 5.41) is 2.84. The van der Waals surface area contributed by atoms with E-state index in [0.29, 0.717) is 17.8 Å². The molecule has 0 unspecified atom stereocenters. The van der Waals surface area contributed by atoms with Crippen LogP contribution in [0.15, 0.2) is 48.5 Å². The quantitative estimate of drug-likeness (QED) is 0.820. The zero-order valence-electron chi connectivity index (χ0n) is 13.3. The van der Waals surface area contributed by atoms with E-state index >= 15 is 0 Å². The number of halogens is 2. The highest BCUT2D eigenvalue weighted by Gasteiger charge is 2.49. The average Bonchev–Trinajstić information content (AvgIpc) is 2.89. The number of amides is 2. The Bertz CT molecular complexity index is 795. The van der Waals surface area contributed by atoms with Crippen molar-refractivity contribution in [2.75, 3.05) is 11.4 Å². The van der Waals surface area contributed by atoms with Gasteiger partial charge in [0, 0.05) is 30.2 Å². The molecule has 7 heteroatoms. The Morgan fingerprint density at radius 2 is 2.00 bits per heavy atom. The maximum atomic E-state index is 13.3. The first-order valence-electron chi connectivity index (χ1n) is 7.79. The number of hydrogen-bond donors (Lipinski definition) is 2. The van der Waals surface area contributed by atoms with Crippen LogP contribution in [0.1, 0.15) is 12.0 Å². The van der Waals surface area contributed by atoms with E-state index in [2.05, 4.69) is 5.32 Å². The van der Waals surface area contributed by atoms with E-state index in [1.807, 2.05) is 18.2 Å². The van der Waals surface area contributed by atoms with Crippen LogP contribution in [0.2, 0.25) is 5.02 Å². The molecule has 130 valence electrons. The number of anilines is 1. The fraction of sp³-hybridized carbons (Fsp3) is 0.222. The Morgan fingerprint density at radius 1 is 1.28 bits per heavy atom. The summed E-state index contributed by atoms with van der Waals surface area (Å²) in [6.45, 7) is 0.395. The van der Waals surface area contributed by atoms with Crippen LogP contribution in [-0.4, -0.2) is 23.9 Å². The number of nitrogens with two attached hydrogens (primary N) is 1. The summed E-state index contributed by atoms with van der Waals surface area (Å²) in [5.41, 5.74) is 5.65. The van der Waals surface area contributed by atoms with E-state index in [1.54, 1.807) is 18.2 Å². The molecule has 1 heterocycles. The van der Waals surface area contributed by atoms with E-state index in [4.69, 9.17) is 17.3 Å². The van der Waals surface area contributed by atoms with Gasteiger partial charge >= 0.3 is 0 Å². The van der Waals surface area contributed by atoms with E-state index in [9.17, 15) is 14.0 Å². The van der Waals surface area contributed by atoms with Crippen LogP contribution in [-0.2, 0) is 16.1 Å². The fourth-order valence-corrected chi connectivity index (χ4v) is 3.10.